The van der Waals surface area contributed by atoms with E-state index >= 15 is 0 Å². The number of nitrogens with zero attached hydrogens (tertiary/aromatic N) is 1. The van der Waals surface area contributed by atoms with Gasteiger partial charge in [0.05, 0.1) is 34.4 Å². The molecule has 0 aliphatic rings. The maximum atomic E-state index is 12.8. The quantitative estimate of drug-likeness (QED) is 0.0215. The molecule has 0 rings (SSSR count). The zero-order valence-electron chi connectivity index (χ0n) is 39.6. The van der Waals surface area contributed by atoms with Crippen LogP contribution >= 0.6 is 0 Å². The van der Waals surface area contributed by atoms with Crippen LogP contribution in [-0.4, -0.2) is 80.6 Å². The van der Waals surface area contributed by atoms with Crippen LogP contribution in [0.15, 0.2) is 85.1 Å². The normalized spacial score (nSPS) is 13.7. The van der Waals surface area contributed by atoms with Crippen LogP contribution in [-0.2, 0) is 28.6 Å². The Morgan fingerprint density at radius 3 is 1.51 bits per heavy atom. The molecule has 8 nitrogen and oxygen atoms in total. The number of ether oxygens (including phenoxy) is 3. The van der Waals surface area contributed by atoms with Gasteiger partial charge in [-0.2, -0.15) is 0 Å². The standard InChI is InChI=1S/C53H89NO7/c1-6-8-10-12-14-16-18-20-22-23-24-25-26-27-28-30-32-34-36-38-40-42-44-52(56)61-49(47-59-46-45-50(53(57)58)54(3,4)5)48-60-51(55)43-41-39-37-35-33-31-29-21-19-17-15-13-11-9-7-2/h9,11,13-17,19-22,24-25,29,49-50H,6-8,10,12,18,23,26-28,30-48H2,1-5H3/p+1/b11-9+,15-13+,16-14+,19-17+,22-20+,25-24+,29-21+. The molecule has 0 aliphatic carbocycles. The summed E-state index contributed by atoms with van der Waals surface area (Å²) in [6.07, 6.45) is 56.2. The maximum absolute atomic E-state index is 12.8. The highest BCUT2D eigenvalue weighted by Gasteiger charge is 2.31. The van der Waals surface area contributed by atoms with E-state index in [0.29, 0.717) is 19.3 Å². The van der Waals surface area contributed by atoms with Crippen molar-refractivity contribution >= 4 is 17.9 Å². The molecule has 348 valence electrons. The fraction of sp³-hybridized carbons (Fsp3) is 0.679. The van der Waals surface area contributed by atoms with E-state index in [1.807, 2.05) is 45.4 Å². The summed E-state index contributed by atoms with van der Waals surface area (Å²) in [7, 11) is 5.51. The Kier molecular flexibility index (Phi) is 40.7. The minimum Gasteiger partial charge on any atom is -0.477 e. The fourth-order valence-electron chi connectivity index (χ4n) is 6.64. The lowest BCUT2D eigenvalue weighted by molar-refractivity contribution is -0.887. The van der Waals surface area contributed by atoms with Crippen molar-refractivity contribution in [1.29, 1.82) is 0 Å². The van der Waals surface area contributed by atoms with Gasteiger partial charge in [-0.15, -0.1) is 0 Å². The fourth-order valence-corrected chi connectivity index (χ4v) is 6.64. The Hall–Kier alpha value is -3.49. The lowest BCUT2D eigenvalue weighted by atomic mass is 10.1. The lowest BCUT2D eigenvalue weighted by Gasteiger charge is -2.31. The van der Waals surface area contributed by atoms with Crippen LogP contribution < -0.4 is 0 Å². The summed E-state index contributed by atoms with van der Waals surface area (Å²) >= 11 is 0. The van der Waals surface area contributed by atoms with Gasteiger partial charge in [0, 0.05) is 19.3 Å². The number of esters is 2. The number of hydrogen-bond acceptors (Lipinski definition) is 6. The van der Waals surface area contributed by atoms with Crippen molar-refractivity contribution in [3.05, 3.63) is 85.1 Å². The number of quaternary nitrogens is 1. The summed E-state index contributed by atoms with van der Waals surface area (Å²) in [5, 5.41) is 9.64. The van der Waals surface area contributed by atoms with Crippen molar-refractivity contribution < 1.29 is 38.2 Å². The van der Waals surface area contributed by atoms with Gasteiger partial charge < -0.3 is 23.8 Å². The molecule has 2 unspecified atom stereocenters. The second-order valence-electron chi connectivity index (χ2n) is 17.1. The van der Waals surface area contributed by atoms with Gasteiger partial charge in [-0.05, 0) is 70.6 Å². The molecule has 0 aromatic carbocycles. The van der Waals surface area contributed by atoms with Gasteiger partial charge in [-0.1, -0.05) is 176 Å². The molecule has 1 N–H and O–H groups in total. The number of aliphatic carboxylic acids is 1. The van der Waals surface area contributed by atoms with Crippen molar-refractivity contribution in [2.75, 3.05) is 41.0 Å². The molecule has 0 saturated carbocycles. The molecule has 2 atom stereocenters. The maximum Gasteiger partial charge on any atom is 0.362 e. The SMILES string of the molecule is CC/C=C/C=C/C=C/C=C/CCCCCCCC(=O)OCC(COCCC(C(=O)O)[N+](C)(C)C)OC(=O)CCCCCCCCCCC/C=C/C/C=C/C/C=C/CCCCC. The molecule has 61 heavy (non-hydrogen) atoms. The van der Waals surface area contributed by atoms with E-state index < -0.39 is 18.1 Å². The Morgan fingerprint density at radius 2 is 0.984 bits per heavy atom. The third-order valence-corrected chi connectivity index (χ3v) is 10.4. The van der Waals surface area contributed by atoms with Crippen LogP contribution in [0.25, 0.3) is 0 Å². The van der Waals surface area contributed by atoms with Gasteiger partial charge in [-0.25, -0.2) is 4.79 Å². The minimum absolute atomic E-state index is 0.0464. The van der Waals surface area contributed by atoms with Crippen molar-refractivity contribution in [2.24, 2.45) is 0 Å². The van der Waals surface area contributed by atoms with Gasteiger partial charge in [0.25, 0.3) is 0 Å². The predicted molar refractivity (Wildman–Crippen MR) is 256 cm³/mol. The molecule has 0 fully saturated rings. The average Bonchev–Trinajstić information content (AvgIpc) is 3.22. The predicted octanol–water partition coefficient (Wildman–Crippen LogP) is 13.7. The Labute approximate surface area is 373 Å². The smallest absolute Gasteiger partial charge is 0.362 e. The lowest BCUT2D eigenvalue weighted by Crippen LogP contribution is -2.50. The number of unbranched alkanes of at least 4 members (excludes halogenated alkanes) is 17. The summed E-state index contributed by atoms with van der Waals surface area (Å²) in [6.45, 7) is 4.53. The summed E-state index contributed by atoms with van der Waals surface area (Å²) in [6, 6.07) is -0.624. The molecule has 0 aliphatic heterocycles. The molecule has 0 radical (unpaired) electrons. The van der Waals surface area contributed by atoms with Gasteiger partial charge in [0.1, 0.15) is 6.61 Å². The first-order valence-electron chi connectivity index (χ1n) is 24.2. The molecule has 0 aromatic rings. The van der Waals surface area contributed by atoms with E-state index in [4.69, 9.17) is 14.2 Å². The molecular formula is C53H90NO7+. The molecule has 0 heterocycles. The average molecular weight is 853 g/mol. The molecular weight excluding hydrogens is 763 g/mol. The monoisotopic (exact) mass is 853 g/mol. The highest BCUT2D eigenvalue weighted by Crippen LogP contribution is 2.14. The number of hydrogen-bond donors (Lipinski definition) is 1. The third kappa shape index (κ3) is 41.6. The number of carboxylic acids is 1. The topological polar surface area (TPSA) is 99.1 Å². The van der Waals surface area contributed by atoms with E-state index in [2.05, 4.69) is 74.6 Å². The van der Waals surface area contributed by atoms with E-state index in [9.17, 15) is 19.5 Å². The second-order valence-corrected chi connectivity index (χ2v) is 17.1. The van der Waals surface area contributed by atoms with Crippen molar-refractivity contribution in [3.63, 3.8) is 0 Å². The number of likely N-dealkylation sites (N-methyl/N-ethyl adjacent to an activating group) is 1. The first kappa shape index (κ1) is 57.5. The number of carboxylic acid groups (broad SMARTS) is 1. The van der Waals surface area contributed by atoms with E-state index in [0.717, 1.165) is 83.5 Å². The highest BCUT2D eigenvalue weighted by molar-refractivity contribution is 5.72. The zero-order valence-corrected chi connectivity index (χ0v) is 39.6. The molecule has 0 amide bonds. The van der Waals surface area contributed by atoms with Crippen molar-refractivity contribution in [2.45, 2.75) is 193 Å². The number of rotatable bonds is 42. The van der Waals surface area contributed by atoms with Crippen LogP contribution in [0.5, 0.6) is 0 Å². The molecule has 0 spiro atoms. The van der Waals surface area contributed by atoms with E-state index in [1.54, 1.807) is 0 Å². The largest absolute Gasteiger partial charge is 0.477 e. The number of allylic oxidation sites excluding steroid dienone is 14. The Morgan fingerprint density at radius 1 is 0.525 bits per heavy atom. The minimum atomic E-state index is -0.883. The van der Waals surface area contributed by atoms with Gasteiger partial charge in [0.15, 0.2) is 12.1 Å². The van der Waals surface area contributed by atoms with Crippen LogP contribution in [0.4, 0.5) is 0 Å². The summed E-state index contributed by atoms with van der Waals surface area (Å²) in [4.78, 5) is 37.1. The second kappa shape index (κ2) is 43.2. The highest BCUT2D eigenvalue weighted by atomic mass is 16.6. The molecule has 8 heteroatoms. The van der Waals surface area contributed by atoms with Gasteiger partial charge in [-0.3, -0.25) is 9.59 Å². The Balaban J connectivity index is 4.32. The van der Waals surface area contributed by atoms with Crippen molar-refractivity contribution in [1.82, 2.24) is 0 Å². The molecule has 0 bridgehead atoms. The van der Waals surface area contributed by atoms with Crippen LogP contribution in [0, 0.1) is 0 Å². The first-order valence-corrected chi connectivity index (χ1v) is 24.2. The van der Waals surface area contributed by atoms with E-state index in [-0.39, 0.29) is 36.2 Å². The summed E-state index contributed by atoms with van der Waals surface area (Å²) in [5.41, 5.74) is 0. The van der Waals surface area contributed by atoms with Gasteiger partial charge >= 0.3 is 17.9 Å². The zero-order chi connectivity index (χ0) is 44.9. The first-order chi connectivity index (χ1) is 29.6. The number of carbonyl (C=O) groups excluding carboxylic acids is 2. The van der Waals surface area contributed by atoms with Crippen molar-refractivity contribution in [3.8, 4) is 0 Å². The summed E-state index contributed by atoms with van der Waals surface area (Å²) in [5.74, 6) is -1.51. The molecule has 0 saturated heterocycles. The van der Waals surface area contributed by atoms with Crippen LogP contribution in [0.2, 0.25) is 0 Å². The van der Waals surface area contributed by atoms with Gasteiger partial charge in [0.2, 0.25) is 0 Å². The third-order valence-electron chi connectivity index (χ3n) is 10.4. The summed E-state index contributed by atoms with van der Waals surface area (Å²) < 4.78 is 17.3. The molecule has 0 aromatic heterocycles. The van der Waals surface area contributed by atoms with Crippen LogP contribution in [0.3, 0.4) is 0 Å². The van der Waals surface area contributed by atoms with E-state index in [1.165, 1.54) is 64.2 Å². The Bertz CT molecular complexity index is 1270. The number of carbonyl (C=O) groups is 3. The van der Waals surface area contributed by atoms with Crippen LogP contribution in [0.1, 0.15) is 181 Å².